The first-order valence-corrected chi connectivity index (χ1v) is 8.49. The van der Waals surface area contributed by atoms with Crippen LogP contribution in [0.1, 0.15) is 5.69 Å². The third kappa shape index (κ3) is 3.50. The topological polar surface area (TPSA) is 77.8 Å². The zero-order valence-electron chi connectivity index (χ0n) is 14.2. The summed E-state index contributed by atoms with van der Waals surface area (Å²) in [5.41, 5.74) is 1.62. The Morgan fingerprint density at radius 3 is 2.54 bits per heavy atom. The Labute approximate surface area is 154 Å². The van der Waals surface area contributed by atoms with Gasteiger partial charge in [0.1, 0.15) is 12.3 Å². The van der Waals surface area contributed by atoms with Crippen molar-refractivity contribution in [2.75, 3.05) is 20.8 Å². The second-order valence-electron chi connectivity index (χ2n) is 5.35. The van der Waals surface area contributed by atoms with Crippen LogP contribution in [-0.2, 0) is 14.3 Å². The van der Waals surface area contributed by atoms with Crippen LogP contribution in [0.15, 0.2) is 47.5 Å². The van der Waals surface area contributed by atoms with Crippen LogP contribution in [0.5, 0.6) is 5.75 Å². The molecule has 1 aromatic carbocycles. The van der Waals surface area contributed by atoms with Crippen LogP contribution in [0.3, 0.4) is 0 Å². The lowest BCUT2D eigenvalue weighted by Gasteiger charge is -2.10. The van der Waals surface area contributed by atoms with E-state index in [1.165, 1.54) is 7.11 Å². The van der Waals surface area contributed by atoms with Gasteiger partial charge in [-0.25, -0.2) is 0 Å². The van der Waals surface area contributed by atoms with Crippen LogP contribution >= 0.6 is 11.8 Å². The first-order chi connectivity index (χ1) is 12.5. The van der Waals surface area contributed by atoms with Gasteiger partial charge < -0.3 is 14.0 Å². The van der Waals surface area contributed by atoms with Crippen molar-refractivity contribution in [2.24, 2.45) is 0 Å². The highest BCUT2D eigenvalue weighted by atomic mass is 32.2. The number of ether oxygens (including phenoxy) is 2. The number of methoxy groups -OCH3 is 2. The molecular formula is C18H16N2O5S. The number of rotatable bonds is 5. The lowest BCUT2D eigenvalue weighted by molar-refractivity contribution is -0.143. The minimum atomic E-state index is -0.643. The fourth-order valence-corrected chi connectivity index (χ4v) is 3.28. The lowest BCUT2D eigenvalue weighted by Crippen LogP contribution is -2.34. The summed E-state index contributed by atoms with van der Waals surface area (Å²) in [5.74, 6) is -0.408. The maximum atomic E-state index is 12.4. The van der Waals surface area contributed by atoms with E-state index in [1.54, 1.807) is 13.2 Å². The van der Waals surface area contributed by atoms with Crippen LogP contribution in [-0.4, -0.2) is 47.3 Å². The number of imide groups is 1. The van der Waals surface area contributed by atoms with Crippen molar-refractivity contribution in [3.8, 4) is 11.4 Å². The van der Waals surface area contributed by atoms with Gasteiger partial charge >= 0.3 is 5.97 Å². The van der Waals surface area contributed by atoms with E-state index >= 15 is 0 Å². The molecular weight excluding hydrogens is 356 g/mol. The average molecular weight is 372 g/mol. The van der Waals surface area contributed by atoms with Gasteiger partial charge in [-0.1, -0.05) is 0 Å². The predicted octanol–water partition coefficient (Wildman–Crippen LogP) is 2.70. The van der Waals surface area contributed by atoms with Crippen molar-refractivity contribution >= 4 is 35.0 Å². The summed E-state index contributed by atoms with van der Waals surface area (Å²) < 4.78 is 11.6. The molecule has 1 saturated heterocycles. The summed E-state index contributed by atoms with van der Waals surface area (Å²) in [7, 11) is 2.81. The standard InChI is InChI=1S/C18H16N2O5S/c1-24-14-7-5-12(6-8-14)19-9-3-4-13(19)10-15-17(22)20(18(23)26-15)11-16(21)25-2/h3-10H,11H2,1-2H3/b15-10-. The SMILES string of the molecule is COC(=O)CN1C(=O)S/C(=C\c2cccn2-c2ccc(OC)cc2)C1=O. The zero-order valence-corrected chi connectivity index (χ0v) is 15.0. The van der Waals surface area contributed by atoms with Gasteiger partial charge in [-0.3, -0.25) is 19.3 Å². The molecule has 0 N–H and O–H groups in total. The summed E-state index contributed by atoms with van der Waals surface area (Å²) in [4.78, 5) is 36.9. The smallest absolute Gasteiger partial charge is 0.325 e. The van der Waals surface area contributed by atoms with Crippen molar-refractivity contribution in [3.05, 3.63) is 53.2 Å². The number of hydrogen-bond donors (Lipinski definition) is 0. The van der Waals surface area contributed by atoms with Gasteiger partial charge in [0.15, 0.2) is 0 Å². The molecule has 8 heteroatoms. The largest absolute Gasteiger partial charge is 0.497 e. The van der Waals surface area contributed by atoms with Gasteiger partial charge in [0, 0.05) is 17.6 Å². The van der Waals surface area contributed by atoms with E-state index in [-0.39, 0.29) is 4.91 Å². The fourth-order valence-electron chi connectivity index (χ4n) is 2.45. The molecule has 1 fully saturated rings. The molecule has 26 heavy (non-hydrogen) atoms. The lowest BCUT2D eigenvalue weighted by atomic mass is 10.3. The van der Waals surface area contributed by atoms with Crippen molar-refractivity contribution in [1.82, 2.24) is 9.47 Å². The Hall–Kier alpha value is -3.00. The van der Waals surface area contributed by atoms with Gasteiger partial charge in [-0.05, 0) is 54.2 Å². The van der Waals surface area contributed by atoms with E-state index in [4.69, 9.17) is 4.74 Å². The highest BCUT2D eigenvalue weighted by Gasteiger charge is 2.36. The van der Waals surface area contributed by atoms with Gasteiger partial charge in [0.25, 0.3) is 11.1 Å². The zero-order chi connectivity index (χ0) is 18.7. The minimum Gasteiger partial charge on any atom is -0.497 e. The van der Waals surface area contributed by atoms with E-state index in [9.17, 15) is 14.4 Å². The summed E-state index contributed by atoms with van der Waals surface area (Å²) in [6.07, 6.45) is 3.48. The molecule has 0 atom stereocenters. The minimum absolute atomic E-state index is 0.257. The van der Waals surface area contributed by atoms with Crippen molar-refractivity contribution in [1.29, 1.82) is 0 Å². The van der Waals surface area contributed by atoms with Gasteiger partial charge in [-0.15, -0.1) is 0 Å². The Bertz CT molecular complexity index is 885. The van der Waals surface area contributed by atoms with Crippen LogP contribution in [0.2, 0.25) is 0 Å². The van der Waals surface area contributed by atoms with Gasteiger partial charge in [-0.2, -0.15) is 0 Å². The number of esters is 1. The quantitative estimate of drug-likeness (QED) is 0.593. The number of thioether (sulfide) groups is 1. The van der Waals surface area contributed by atoms with Crippen molar-refractivity contribution < 1.29 is 23.9 Å². The van der Waals surface area contributed by atoms with Crippen molar-refractivity contribution in [2.45, 2.75) is 0 Å². The molecule has 0 saturated carbocycles. The Balaban J connectivity index is 1.87. The average Bonchev–Trinajstić information content (AvgIpc) is 3.22. The molecule has 1 aliphatic rings. The predicted molar refractivity (Wildman–Crippen MR) is 97.0 cm³/mol. The third-order valence-corrected chi connectivity index (χ3v) is 4.71. The third-order valence-electron chi connectivity index (χ3n) is 3.80. The molecule has 0 aliphatic carbocycles. The Morgan fingerprint density at radius 2 is 1.88 bits per heavy atom. The Kier molecular flexibility index (Phi) is 5.13. The molecule has 0 bridgehead atoms. The highest BCUT2D eigenvalue weighted by molar-refractivity contribution is 8.18. The summed E-state index contributed by atoms with van der Waals surface area (Å²) in [6.45, 7) is -0.391. The number of carbonyl (C=O) groups is 3. The van der Waals surface area contributed by atoms with Crippen LogP contribution in [0.4, 0.5) is 4.79 Å². The molecule has 3 rings (SSSR count). The maximum Gasteiger partial charge on any atom is 0.325 e. The summed E-state index contributed by atoms with van der Waals surface area (Å²) >= 11 is 0.800. The van der Waals surface area contributed by atoms with Crippen molar-refractivity contribution in [3.63, 3.8) is 0 Å². The van der Waals surface area contributed by atoms with Gasteiger partial charge in [0.2, 0.25) is 0 Å². The fraction of sp³-hybridized carbons (Fsp3) is 0.167. The summed E-state index contributed by atoms with van der Waals surface area (Å²) in [6, 6.07) is 11.1. The molecule has 0 radical (unpaired) electrons. The molecule has 1 aromatic heterocycles. The molecule has 0 unspecified atom stereocenters. The van der Waals surface area contributed by atoms with Crippen LogP contribution in [0, 0.1) is 0 Å². The molecule has 2 aromatic rings. The van der Waals surface area contributed by atoms with Crippen LogP contribution < -0.4 is 4.74 Å². The second kappa shape index (κ2) is 7.49. The molecule has 2 amide bonds. The number of benzene rings is 1. The first-order valence-electron chi connectivity index (χ1n) is 7.67. The Morgan fingerprint density at radius 1 is 1.15 bits per heavy atom. The van der Waals surface area contributed by atoms with Crippen LogP contribution in [0.25, 0.3) is 11.8 Å². The highest BCUT2D eigenvalue weighted by Crippen LogP contribution is 2.32. The van der Waals surface area contributed by atoms with E-state index in [0.717, 1.165) is 33.8 Å². The second-order valence-corrected chi connectivity index (χ2v) is 6.34. The molecule has 2 heterocycles. The number of hydrogen-bond acceptors (Lipinski definition) is 6. The monoisotopic (exact) mass is 372 g/mol. The normalized spacial score (nSPS) is 15.6. The summed E-state index contributed by atoms with van der Waals surface area (Å²) in [5, 5.41) is -0.491. The molecule has 0 spiro atoms. The van der Waals surface area contributed by atoms with Gasteiger partial charge in [0.05, 0.1) is 19.1 Å². The van der Waals surface area contributed by atoms with E-state index in [2.05, 4.69) is 4.74 Å². The number of nitrogens with zero attached hydrogens (tertiary/aromatic N) is 2. The number of amides is 2. The first kappa shape index (κ1) is 17.8. The van der Waals surface area contributed by atoms with E-state index in [1.807, 2.05) is 47.2 Å². The molecule has 1 aliphatic heterocycles. The van der Waals surface area contributed by atoms with E-state index < -0.39 is 23.7 Å². The molecule has 7 nitrogen and oxygen atoms in total. The van der Waals surface area contributed by atoms with E-state index in [0.29, 0.717) is 0 Å². The number of carbonyl (C=O) groups excluding carboxylic acids is 3. The molecule has 134 valence electrons. The maximum absolute atomic E-state index is 12.4. The number of aromatic nitrogens is 1.